The minimum Gasteiger partial charge on any atom is -0.393 e. The van der Waals surface area contributed by atoms with Gasteiger partial charge in [0, 0.05) is 12.5 Å². The predicted octanol–water partition coefficient (Wildman–Crippen LogP) is 1.42. The highest BCUT2D eigenvalue weighted by molar-refractivity contribution is 5.76. The van der Waals surface area contributed by atoms with Gasteiger partial charge in [0.05, 0.1) is 6.10 Å². The lowest BCUT2D eigenvalue weighted by molar-refractivity contribution is -0.122. The fourth-order valence-corrected chi connectivity index (χ4v) is 1.89. The number of aliphatic hydroxyl groups is 1. The first-order valence-electron chi connectivity index (χ1n) is 6.44. The Labute approximate surface area is 105 Å². The summed E-state index contributed by atoms with van der Waals surface area (Å²) in [6.07, 6.45) is 2.52. The summed E-state index contributed by atoms with van der Waals surface area (Å²) in [6.45, 7) is 8.56. The van der Waals surface area contributed by atoms with E-state index in [2.05, 4.69) is 19.2 Å². The van der Waals surface area contributed by atoms with Crippen molar-refractivity contribution < 1.29 is 9.90 Å². The first-order valence-corrected chi connectivity index (χ1v) is 6.44. The van der Waals surface area contributed by atoms with E-state index in [1.807, 2.05) is 6.92 Å². The van der Waals surface area contributed by atoms with Crippen molar-refractivity contribution in [2.75, 3.05) is 6.54 Å². The van der Waals surface area contributed by atoms with Crippen molar-refractivity contribution in [2.24, 2.45) is 11.1 Å². The molecule has 0 heterocycles. The van der Waals surface area contributed by atoms with E-state index in [0.29, 0.717) is 19.4 Å². The second-order valence-corrected chi connectivity index (χ2v) is 5.76. The fourth-order valence-electron chi connectivity index (χ4n) is 1.89. The second-order valence-electron chi connectivity index (χ2n) is 5.76. The number of rotatable bonds is 8. The maximum absolute atomic E-state index is 11.7. The van der Waals surface area contributed by atoms with E-state index in [0.717, 1.165) is 12.8 Å². The van der Waals surface area contributed by atoms with Gasteiger partial charge in [0.15, 0.2) is 0 Å². The number of hydrogen-bond donors (Lipinski definition) is 3. The Kier molecular flexibility index (Phi) is 7.39. The molecule has 4 heteroatoms. The molecule has 0 aromatic rings. The smallest absolute Gasteiger partial charge is 0.220 e. The van der Waals surface area contributed by atoms with Crippen molar-refractivity contribution in [3.63, 3.8) is 0 Å². The number of hydrogen-bond acceptors (Lipinski definition) is 3. The lowest BCUT2D eigenvalue weighted by atomic mass is 9.84. The van der Waals surface area contributed by atoms with Crippen LogP contribution in [0.25, 0.3) is 0 Å². The molecule has 0 fully saturated rings. The standard InChI is InChI=1S/C13H28N2O2/c1-10(9-11(2)16)15-12(17)5-6-13(3,4)7-8-14/h10-11,16H,5-9,14H2,1-4H3,(H,15,17). The maximum atomic E-state index is 11.7. The Morgan fingerprint density at radius 1 is 1.35 bits per heavy atom. The van der Waals surface area contributed by atoms with Gasteiger partial charge in [0.1, 0.15) is 0 Å². The van der Waals surface area contributed by atoms with Gasteiger partial charge in [-0.25, -0.2) is 0 Å². The summed E-state index contributed by atoms with van der Waals surface area (Å²) in [5.41, 5.74) is 5.65. The first kappa shape index (κ1) is 16.4. The van der Waals surface area contributed by atoms with Gasteiger partial charge in [-0.2, -0.15) is 0 Å². The second kappa shape index (κ2) is 7.67. The van der Waals surface area contributed by atoms with Crippen molar-refractivity contribution in [3.05, 3.63) is 0 Å². The van der Waals surface area contributed by atoms with Gasteiger partial charge < -0.3 is 16.2 Å². The maximum Gasteiger partial charge on any atom is 0.220 e. The van der Waals surface area contributed by atoms with Crippen LogP contribution in [0.2, 0.25) is 0 Å². The van der Waals surface area contributed by atoms with E-state index in [1.54, 1.807) is 6.92 Å². The van der Waals surface area contributed by atoms with Gasteiger partial charge in [-0.05, 0) is 45.1 Å². The molecule has 0 radical (unpaired) electrons. The van der Waals surface area contributed by atoms with Gasteiger partial charge in [0.2, 0.25) is 5.91 Å². The Bertz CT molecular complexity index is 227. The van der Waals surface area contributed by atoms with E-state index < -0.39 is 0 Å². The van der Waals surface area contributed by atoms with Crippen LogP contribution in [-0.2, 0) is 4.79 Å². The molecule has 0 saturated carbocycles. The molecule has 17 heavy (non-hydrogen) atoms. The van der Waals surface area contributed by atoms with Crippen LogP contribution in [0.15, 0.2) is 0 Å². The van der Waals surface area contributed by atoms with Crippen molar-refractivity contribution >= 4 is 5.91 Å². The van der Waals surface area contributed by atoms with Crippen LogP contribution in [0, 0.1) is 5.41 Å². The third kappa shape index (κ3) is 9.12. The number of carbonyl (C=O) groups is 1. The van der Waals surface area contributed by atoms with Crippen LogP contribution in [0.1, 0.15) is 53.4 Å². The summed E-state index contributed by atoms with van der Waals surface area (Å²) in [5, 5.41) is 12.1. The topological polar surface area (TPSA) is 75.3 Å². The molecule has 2 unspecified atom stereocenters. The summed E-state index contributed by atoms with van der Waals surface area (Å²) in [7, 11) is 0. The molecule has 0 spiro atoms. The lowest BCUT2D eigenvalue weighted by Gasteiger charge is -2.24. The molecule has 0 bridgehead atoms. The Morgan fingerprint density at radius 2 is 1.94 bits per heavy atom. The summed E-state index contributed by atoms with van der Waals surface area (Å²) in [6, 6.07) is 0.0279. The monoisotopic (exact) mass is 244 g/mol. The number of carbonyl (C=O) groups excluding carboxylic acids is 1. The zero-order chi connectivity index (χ0) is 13.5. The zero-order valence-electron chi connectivity index (χ0n) is 11.6. The lowest BCUT2D eigenvalue weighted by Crippen LogP contribution is -2.35. The largest absolute Gasteiger partial charge is 0.393 e. The fraction of sp³-hybridized carbons (Fsp3) is 0.923. The van der Waals surface area contributed by atoms with E-state index >= 15 is 0 Å². The Balaban J connectivity index is 3.87. The van der Waals surface area contributed by atoms with Gasteiger partial charge in [-0.1, -0.05) is 13.8 Å². The summed E-state index contributed by atoms with van der Waals surface area (Å²) in [5.74, 6) is 0.0586. The van der Waals surface area contributed by atoms with Crippen LogP contribution < -0.4 is 11.1 Å². The van der Waals surface area contributed by atoms with Crippen molar-refractivity contribution in [3.8, 4) is 0 Å². The zero-order valence-corrected chi connectivity index (χ0v) is 11.6. The third-order valence-electron chi connectivity index (χ3n) is 2.95. The van der Waals surface area contributed by atoms with Crippen molar-refractivity contribution in [1.82, 2.24) is 5.32 Å². The normalized spacial score (nSPS) is 15.4. The molecular formula is C13H28N2O2. The van der Waals surface area contributed by atoms with Crippen molar-refractivity contribution in [1.29, 1.82) is 0 Å². The Morgan fingerprint density at radius 3 is 2.41 bits per heavy atom. The number of nitrogens with one attached hydrogen (secondary N) is 1. The highest BCUT2D eigenvalue weighted by Gasteiger charge is 2.19. The van der Waals surface area contributed by atoms with E-state index in [1.165, 1.54) is 0 Å². The first-order chi connectivity index (χ1) is 7.76. The quantitative estimate of drug-likeness (QED) is 0.604. The number of nitrogens with two attached hydrogens (primary N) is 1. The molecule has 2 atom stereocenters. The van der Waals surface area contributed by atoms with Crippen LogP contribution in [0.4, 0.5) is 0 Å². The van der Waals surface area contributed by atoms with Crippen LogP contribution >= 0.6 is 0 Å². The van der Waals surface area contributed by atoms with Gasteiger partial charge in [-0.3, -0.25) is 4.79 Å². The predicted molar refractivity (Wildman–Crippen MR) is 70.6 cm³/mol. The number of aliphatic hydroxyl groups excluding tert-OH is 1. The molecule has 0 saturated heterocycles. The minimum absolute atomic E-state index is 0.0279. The highest BCUT2D eigenvalue weighted by Crippen LogP contribution is 2.25. The van der Waals surface area contributed by atoms with Gasteiger partial charge >= 0.3 is 0 Å². The molecule has 0 rings (SSSR count). The number of amides is 1. The average Bonchev–Trinajstić information content (AvgIpc) is 2.13. The highest BCUT2D eigenvalue weighted by atomic mass is 16.3. The molecule has 0 aliphatic rings. The third-order valence-corrected chi connectivity index (χ3v) is 2.95. The molecule has 0 aliphatic carbocycles. The van der Waals surface area contributed by atoms with Gasteiger partial charge in [0.25, 0.3) is 0 Å². The molecule has 4 nitrogen and oxygen atoms in total. The average molecular weight is 244 g/mol. The molecule has 4 N–H and O–H groups in total. The van der Waals surface area contributed by atoms with Crippen LogP contribution in [0.5, 0.6) is 0 Å². The minimum atomic E-state index is -0.376. The summed E-state index contributed by atoms with van der Waals surface area (Å²) in [4.78, 5) is 11.7. The molecule has 0 aromatic carbocycles. The van der Waals surface area contributed by atoms with Crippen LogP contribution in [0.3, 0.4) is 0 Å². The summed E-state index contributed by atoms with van der Waals surface area (Å²) >= 11 is 0. The molecule has 1 amide bonds. The van der Waals surface area contributed by atoms with Gasteiger partial charge in [-0.15, -0.1) is 0 Å². The van der Waals surface area contributed by atoms with E-state index in [-0.39, 0.29) is 23.5 Å². The van der Waals surface area contributed by atoms with Crippen LogP contribution in [-0.4, -0.2) is 29.7 Å². The molecule has 102 valence electrons. The van der Waals surface area contributed by atoms with Crippen molar-refractivity contribution in [2.45, 2.75) is 65.5 Å². The Hall–Kier alpha value is -0.610. The van der Waals surface area contributed by atoms with E-state index in [4.69, 9.17) is 5.73 Å². The SMILES string of the molecule is CC(O)CC(C)NC(=O)CCC(C)(C)CCN. The van der Waals surface area contributed by atoms with E-state index in [9.17, 15) is 9.90 Å². The molecular weight excluding hydrogens is 216 g/mol. The molecule has 0 aromatic heterocycles. The summed E-state index contributed by atoms with van der Waals surface area (Å²) < 4.78 is 0. The molecule has 0 aliphatic heterocycles.